The maximum atomic E-state index is 12.4. The summed E-state index contributed by atoms with van der Waals surface area (Å²) in [6.07, 6.45) is -5.47. The number of hydrogen-bond donors (Lipinski definition) is 0. The van der Waals surface area contributed by atoms with Crippen molar-refractivity contribution in [3.05, 3.63) is 0 Å². The van der Waals surface area contributed by atoms with Gasteiger partial charge in [0.15, 0.2) is 0 Å². The van der Waals surface area contributed by atoms with Crippen molar-refractivity contribution in [2.45, 2.75) is 45.5 Å². The van der Waals surface area contributed by atoms with E-state index in [1.54, 1.807) is 20.8 Å². The highest BCUT2D eigenvalue weighted by molar-refractivity contribution is 5.82. The van der Waals surface area contributed by atoms with Crippen LogP contribution >= 0.6 is 0 Å². The van der Waals surface area contributed by atoms with Crippen LogP contribution in [0.25, 0.3) is 0 Å². The fraction of sp³-hybridized carbons (Fsp3) is 0.833. The molecule has 1 saturated heterocycles. The van der Waals surface area contributed by atoms with Crippen LogP contribution in [0.5, 0.6) is 0 Å². The minimum atomic E-state index is -4.89. The van der Waals surface area contributed by atoms with Crippen LogP contribution in [-0.2, 0) is 9.53 Å². The van der Waals surface area contributed by atoms with Gasteiger partial charge in [0.25, 0.3) is 0 Å². The van der Waals surface area contributed by atoms with Crippen LogP contribution < -0.4 is 0 Å². The molecule has 1 aliphatic rings. The van der Waals surface area contributed by atoms with Crippen molar-refractivity contribution in [2.75, 3.05) is 19.6 Å². The Morgan fingerprint density at radius 2 is 1.70 bits per heavy atom. The average Bonchev–Trinajstić information content (AvgIpc) is 2.24. The molecule has 0 aromatic rings. The van der Waals surface area contributed by atoms with Crippen LogP contribution in [0.15, 0.2) is 0 Å². The molecular formula is C12H19F3N2O3. The van der Waals surface area contributed by atoms with Crippen molar-refractivity contribution in [3.63, 3.8) is 0 Å². The van der Waals surface area contributed by atoms with Gasteiger partial charge in [0.1, 0.15) is 5.60 Å². The Bertz CT molecular complexity index is 390. The largest absolute Gasteiger partial charge is 0.471 e. The van der Waals surface area contributed by atoms with Gasteiger partial charge >= 0.3 is 18.2 Å². The maximum Gasteiger partial charge on any atom is 0.471 e. The number of nitrogens with zero attached hydrogens (tertiary/aromatic N) is 2. The van der Waals surface area contributed by atoms with E-state index < -0.39 is 29.8 Å². The lowest BCUT2D eigenvalue weighted by Gasteiger charge is -2.40. The zero-order valence-electron chi connectivity index (χ0n) is 12.0. The van der Waals surface area contributed by atoms with Crippen molar-refractivity contribution >= 4 is 12.0 Å². The highest BCUT2D eigenvalue weighted by Gasteiger charge is 2.45. The summed E-state index contributed by atoms with van der Waals surface area (Å²) < 4.78 is 42.3. The van der Waals surface area contributed by atoms with E-state index in [0.717, 1.165) is 4.90 Å². The number of halogens is 3. The summed E-state index contributed by atoms with van der Waals surface area (Å²) in [5.74, 6) is -1.87. The van der Waals surface area contributed by atoms with Crippen molar-refractivity contribution in [3.8, 4) is 0 Å². The van der Waals surface area contributed by atoms with E-state index in [-0.39, 0.29) is 19.6 Å². The third kappa shape index (κ3) is 4.28. The number of hydrogen-bond acceptors (Lipinski definition) is 3. The predicted octanol–water partition coefficient (Wildman–Crippen LogP) is 2.02. The molecule has 0 saturated carbocycles. The second-order valence-corrected chi connectivity index (χ2v) is 5.77. The molecule has 1 fully saturated rings. The van der Waals surface area contributed by atoms with Gasteiger partial charge in [-0.15, -0.1) is 0 Å². The van der Waals surface area contributed by atoms with Gasteiger partial charge in [-0.1, -0.05) is 0 Å². The first-order valence-electron chi connectivity index (χ1n) is 6.27. The van der Waals surface area contributed by atoms with Gasteiger partial charge in [0.05, 0.1) is 0 Å². The van der Waals surface area contributed by atoms with Gasteiger partial charge < -0.3 is 14.5 Å². The molecule has 1 aliphatic heterocycles. The first kappa shape index (κ1) is 16.6. The van der Waals surface area contributed by atoms with E-state index in [4.69, 9.17) is 4.74 Å². The van der Waals surface area contributed by atoms with Crippen molar-refractivity contribution in [1.29, 1.82) is 0 Å². The SMILES string of the molecule is C[C@H]1CN(C(=O)OC(C)(C)C)CCN1C(=O)C(F)(F)F. The monoisotopic (exact) mass is 296 g/mol. The highest BCUT2D eigenvalue weighted by atomic mass is 19.4. The number of carbonyl (C=O) groups is 2. The molecule has 5 nitrogen and oxygen atoms in total. The summed E-state index contributed by atoms with van der Waals surface area (Å²) >= 11 is 0. The third-order valence-electron chi connectivity index (χ3n) is 2.78. The molecule has 116 valence electrons. The lowest BCUT2D eigenvalue weighted by molar-refractivity contribution is -0.189. The molecule has 0 aromatic heterocycles. The van der Waals surface area contributed by atoms with Gasteiger partial charge in [-0.3, -0.25) is 4.79 Å². The van der Waals surface area contributed by atoms with Gasteiger partial charge in [0.2, 0.25) is 0 Å². The first-order valence-corrected chi connectivity index (χ1v) is 6.27. The van der Waals surface area contributed by atoms with Crippen LogP contribution in [0.3, 0.4) is 0 Å². The lowest BCUT2D eigenvalue weighted by atomic mass is 10.2. The Labute approximate surface area is 115 Å². The number of rotatable bonds is 0. The van der Waals surface area contributed by atoms with Crippen molar-refractivity contribution < 1.29 is 27.5 Å². The van der Waals surface area contributed by atoms with Gasteiger partial charge in [-0.05, 0) is 27.7 Å². The smallest absolute Gasteiger partial charge is 0.444 e. The summed E-state index contributed by atoms with van der Waals surface area (Å²) in [7, 11) is 0. The molecule has 0 spiro atoms. The molecule has 20 heavy (non-hydrogen) atoms. The van der Waals surface area contributed by atoms with E-state index in [2.05, 4.69) is 0 Å². The first-order chi connectivity index (χ1) is 8.92. The molecule has 0 aliphatic carbocycles. The number of carbonyl (C=O) groups excluding carboxylic acids is 2. The van der Waals surface area contributed by atoms with Crippen molar-refractivity contribution in [2.24, 2.45) is 0 Å². The molecule has 0 unspecified atom stereocenters. The fourth-order valence-corrected chi connectivity index (χ4v) is 1.91. The molecule has 0 bridgehead atoms. The molecule has 0 N–H and O–H groups in total. The standard InChI is InChI=1S/C12H19F3N2O3/c1-8-7-16(10(19)20-11(2,3)4)5-6-17(8)9(18)12(13,14)15/h8H,5-7H2,1-4H3/t8-/m0/s1. The zero-order valence-corrected chi connectivity index (χ0v) is 12.0. The third-order valence-corrected chi connectivity index (χ3v) is 2.78. The molecule has 1 atom stereocenters. The zero-order chi connectivity index (χ0) is 15.7. The number of alkyl halides is 3. The molecule has 1 rings (SSSR count). The predicted molar refractivity (Wildman–Crippen MR) is 65.0 cm³/mol. The van der Waals surface area contributed by atoms with E-state index in [0.29, 0.717) is 0 Å². The number of ether oxygens (including phenoxy) is 1. The Balaban J connectivity index is 2.64. The van der Waals surface area contributed by atoms with E-state index >= 15 is 0 Å². The average molecular weight is 296 g/mol. The van der Waals surface area contributed by atoms with E-state index in [1.807, 2.05) is 0 Å². The number of amides is 2. The summed E-state index contributed by atoms with van der Waals surface area (Å²) in [6.45, 7) is 6.49. The van der Waals surface area contributed by atoms with Crippen LogP contribution in [-0.4, -0.2) is 59.3 Å². The molecule has 2 amide bonds. The minimum Gasteiger partial charge on any atom is -0.444 e. The van der Waals surface area contributed by atoms with Gasteiger partial charge in [-0.25, -0.2) is 4.79 Å². The normalized spacial score (nSPS) is 20.9. The molecule has 0 radical (unpaired) electrons. The van der Waals surface area contributed by atoms with Gasteiger partial charge in [0, 0.05) is 25.7 Å². The van der Waals surface area contributed by atoms with Crippen molar-refractivity contribution in [1.82, 2.24) is 9.80 Å². The second-order valence-electron chi connectivity index (χ2n) is 5.77. The number of piperazine rings is 1. The molecule has 8 heteroatoms. The van der Waals surface area contributed by atoms with E-state index in [1.165, 1.54) is 11.8 Å². The fourth-order valence-electron chi connectivity index (χ4n) is 1.91. The quantitative estimate of drug-likeness (QED) is 0.687. The van der Waals surface area contributed by atoms with Crippen LogP contribution in [0.4, 0.5) is 18.0 Å². The summed E-state index contributed by atoms with van der Waals surface area (Å²) in [6, 6.07) is -0.703. The molecular weight excluding hydrogens is 277 g/mol. The van der Waals surface area contributed by atoms with Crippen LogP contribution in [0, 0.1) is 0 Å². The minimum absolute atomic E-state index is 0.0245. The topological polar surface area (TPSA) is 49.9 Å². The summed E-state index contributed by atoms with van der Waals surface area (Å²) in [4.78, 5) is 25.1. The summed E-state index contributed by atoms with van der Waals surface area (Å²) in [5, 5.41) is 0. The maximum absolute atomic E-state index is 12.4. The van der Waals surface area contributed by atoms with Gasteiger partial charge in [-0.2, -0.15) is 13.2 Å². The summed E-state index contributed by atoms with van der Waals surface area (Å²) in [5.41, 5.74) is -0.667. The molecule has 1 heterocycles. The Morgan fingerprint density at radius 1 is 1.15 bits per heavy atom. The Morgan fingerprint density at radius 3 is 2.10 bits per heavy atom. The second kappa shape index (κ2) is 5.49. The van der Waals surface area contributed by atoms with Crippen LogP contribution in [0.1, 0.15) is 27.7 Å². The highest BCUT2D eigenvalue weighted by Crippen LogP contribution is 2.22. The van der Waals surface area contributed by atoms with Crippen LogP contribution in [0.2, 0.25) is 0 Å². The van der Waals surface area contributed by atoms with E-state index in [9.17, 15) is 22.8 Å². The molecule has 0 aromatic carbocycles. The lowest BCUT2D eigenvalue weighted by Crippen LogP contribution is -2.58. The Hall–Kier alpha value is -1.47. The Kier molecular flexibility index (Phi) is 4.55.